The third kappa shape index (κ3) is 3.34. The van der Waals surface area contributed by atoms with Gasteiger partial charge >= 0.3 is 0 Å². The second kappa shape index (κ2) is 6.02. The maximum Gasteiger partial charge on any atom is 0.260 e. The fourth-order valence-electron chi connectivity index (χ4n) is 1.56. The molecule has 3 nitrogen and oxygen atoms in total. The van der Waals surface area contributed by atoms with Crippen molar-refractivity contribution in [3.8, 4) is 0 Å². The summed E-state index contributed by atoms with van der Waals surface area (Å²) < 4.78 is 18.9. The highest BCUT2D eigenvalue weighted by Gasteiger charge is 2.09. The number of oxazole rings is 1. The molecule has 0 saturated heterocycles. The van der Waals surface area contributed by atoms with E-state index in [1.807, 2.05) is 13.0 Å². The van der Waals surface area contributed by atoms with Crippen LogP contribution in [-0.4, -0.2) is 11.0 Å². The lowest BCUT2D eigenvalue weighted by atomic mass is 10.0. The second-order valence-electron chi connectivity index (χ2n) is 4.04. The van der Waals surface area contributed by atoms with Crippen molar-refractivity contribution in [1.29, 1.82) is 0 Å². The lowest BCUT2D eigenvalue weighted by Crippen LogP contribution is -2.21. The van der Waals surface area contributed by atoms with Gasteiger partial charge in [-0.2, -0.15) is 0 Å². The average molecular weight is 266 g/mol. The Morgan fingerprint density at radius 3 is 2.94 bits per heavy atom. The van der Waals surface area contributed by atoms with Crippen molar-refractivity contribution in [2.24, 2.45) is 5.73 Å². The summed E-state index contributed by atoms with van der Waals surface area (Å²) in [6, 6.07) is 5.24. The largest absolute Gasteiger partial charge is 0.440 e. The molecule has 1 atom stereocenters. The Hall–Kier alpha value is -1.33. The van der Waals surface area contributed by atoms with Crippen molar-refractivity contribution in [3.05, 3.63) is 42.0 Å². The van der Waals surface area contributed by atoms with Crippen LogP contribution in [0.4, 0.5) is 4.39 Å². The van der Waals surface area contributed by atoms with E-state index in [9.17, 15) is 4.39 Å². The van der Waals surface area contributed by atoms with Crippen LogP contribution in [0.1, 0.15) is 18.9 Å². The summed E-state index contributed by atoms with van der Waals surface area (Å²) >= 11 is 1.17. The zero-order chi connectivity index (χ0) is 13.0. The smallest absolute Gasteiger partial charge is 0.260 e. The summed E-state index contributed by atoms with van der Waals surface area (Å²) in [6.45, 7) is 2.02. The maximum absolute atomic E-state index is 13.9. The van der Waals surface area contributed by atoms with Crippen LogP contribution in [0.5, 0.6) is 0 Å². The molecule has 0 aliphatic carbocycles. The fraction of sp³-hybridized carbons (Fsp3) is 0.308. The number of rotatable bonds is 5. The number of nitrogens with two attached hydrogens (primary N) is 1. The summed E-state index contributed by atoms with van der Waals surface area (Å²) in [5.41, 5.74) is 6.77. The van der Waals surface area contributed by atoms with Crippen molar-refractivity contribution in [1.82, 2.24) is 4.98 Å². The molecule has 0 bridgehead atoms. The molecular formula is C13H15FN2OS. The normalized spacial score (nSPS) is 12.6. The Morgan fingerprint density at radius 1 is 1.50 bits per heavy atom. The van der Waals surface area contributed by atoms with E-state index in [1.54, 1.807) is 6.07 Å². The minimum Gasteiger partial charge on any atom is -0.440 e. The molecule has 0 aliphatic heterocycles. The van der Waals surface area contributed by atoms with E-state index in [4.69, 9.17) is 10.2 Å². The molecule has 0 fully saturated rings. The van der Waals surface area contributed by atoms with Crippen LogP contribution in [0.15, 0.2) is 45.2 Å². The van der Waals surface area contributed by atoms with Crippen LogP contribution in [0.3, 0.4) is 0 Å². The molecule has 0 spiro atoms. The molecular weight excluding hydrogens is 251 g/mol. The Balaban J connectivity index is 2.10. The van der Waals surface area contributed by atoms with Gasteiger partial charge < -0.3 is 10.2 Å². The van der Waals surface area contributed by atoms with E-state index in [0.29, 0.717) is 16.5 Å². The highest BCUT2D eigenvalue weighted by molar-refractivity contribution is 7.99. The first-order valence-electron chi connectivity index (χ1n) is 5.80. The number of hydrogen-bond donors (Lipinski definition) is 1. The zero-order valence-corrected chi connectivity index (χ0v) is 10.9. The van der Waals surface area contributed by atoms with Crippen molar-refractivity contribution in [2.45, 2.75) is 35.9 Å². The van der Waals surface area contributed by atoms with Crippen molar-refractivity contribution < 1.29 is 8.81 Å². The topological polar surface area (TPSA) is 52.0 Å². The van der Waals surface area contributed by atoms with Crippen LogP contribution in [0.25, 0.3) is 0 Å². The Bertz CT molecular complexity index is 502. The molecule has 0 radical (unpaired) electrons. The molecule has 0 amide bonds. The van der Waals surface area contributed by atoms with Crippen LogP contribution < -0.4 is 5.73 Å². The van der Waals surface area contributed by atoms with Gasteiger partial charge in [0.15, 0.2) is 0 Å². The standard InChI is InChI=1S/C13H15FN2OS/c1-2-10(15)7-9-3-4-12(11(14)8-9)18-13-16-5-6-17-13/h3-6,8,10H,2,7,15H2,1H3. The van der Waals surface area contributed by atoms with Crippen molar-refractivity contribution >= 4 is 11.8 Å². The van der Waals surface area contributed by atoms with Crippen LogP contribution in [-0.2, 0) is 6.42 Å². The van der Waals surface area contributed by atoms with Crippen LogP contribution in [0.2, 0.25) is 0 Å². The van der Waals surface area contributed by atoms with E-state index < -0.39 is 0 Å². The fourth-order valence-corrected chi connectivity index (χ4v) is 2.25. The molecule has 5 heteroatoms. The average Bonchev–Trinajstić information content (AvgIpc) is 2.85. The third-order valence-corrected chi connectivity index (χ3v) is 3.55. The molecule has 1 unspecified atom stereocenters. The Labute approximate surface area is 110 Å². The van der Waals surface area contributed by atoms with E-state index in [2.05, 4.69) is 4.98 Å². The quantitative estimate of drug-likeness (QED) is 0.902. The number of benzene rings is 1. The molecule has 2 N–H and O–H groups in total. The molecule has 0 aliphatic rings. The lowest BCUT2D eigenvalue weighted by Gasteiger charge is -2.09. The molecule has 0 saturated carbocycles. The van der Waals surface area contributed by atoms with Crippen LogP contribution in [0, 0.1) is 5.82 Å². The number of aromatic nitrogens is 1. The monoisotopic (exact) mass is 266 g/mol. The van der Waals surface area contributed by atoms with Gasteiger partial charge in [0, 0.05) is 6.04 Å². The lowest BCUT2D eigenvalue weighted by molar-refractivity contribution is 0.453. The molecule has 2 rings (SSSR count). The molecule has 2 aromatic rings. The van der Waals surface area contributed by atoms with E-state index in [1.165, 1.54) is 30.3 Å². The van der Waals surface area contributed by atoms with Gasteiger partial charge in [0.25, 0.3) is 5.22 Å². The summed E-state index contributed by atoms with van der Waals surface area (Å²) in [4.78, 5) is 4.45. The second-order valence-corrected chi connectivity index (χ2v) is 5.03. The predicted octanol–water partition coefficient (Wildman–Crippen LogP) is 3.24. The van der Waals surface area contributed by atoms with E-state index >= 15 is 0 Å². The number of halogens is 1. The molecule has 96 valence electrons. The predicted molar refractivity (Wildman–Crippen MR) is 69.0 cm³/mol. The Kier molecular flexibility index (Phi) is 4.38. The van der Waals surface area contributed by atoms with Gasteiger partial charge in [0.05, 0.1) is 11.1 Å². The highest BCUT2D eigenvalue weighted by Crippen LogP contribution is 2.29. The van der Waals surface area contributed by atoms with Gasteiger partial charge in [0.1, 0.15) is 12.1 Å². The van der Waals surface area contributed by atoms with Crippen molar-refractivity contribution in [3.63, 3.8) is 0 Å². The first-order valence-corrected chi connectivity index (χ1v) is 6.62. The SMILES string of the molecule is CCC(N)Cc1ccc(Sc2ncco2)c(F)c1. The van der Waals surface area contributed by atoms with E-state index in [-0.39, 0.29) is 11.9 Å². The Morgan fingerprint density at radius 2 is 2.33 bits per heavy atom. The zero-order valence-electron chi connectivity index (χ0n) is 10.1. The summed E-state index contributed by atoms with van der Waals surface area (Å²) in [6.07, 6.45) is 4.58. The van der Waals surface area contributed by atoms with Crippen molar-refractivity contribution in [2.75, 3.05) is 0 Å². The minimum atomic E-state index is -0.265. The summed E-state index contributed by atoms with van der Waals surface area (Å²) in [5, 5.41) is 0.437. The van der Waals surface area contributed by atoms with Gasteiger partial charge in [-0.05, 0) is 42.3 Å². The number of nitrogens with zero attached hydrogens (tertiary/aromatic N) is 1. The van der Waals surface area contributed by atoms with Gasteiger partial charge in [-0.3, -0.25) is 0 Å². The molecule has 18 heavy (non-hydrogen) atoms. The van der Waals surface area contributed by atoms with Gasteiger partial charge in [-0.1, -0.05) is 13.0 Å². The maximum atomic E-state index is 13.9. The number of hydrogen-bond acceptors (Lipinski definition) is 4. The minimum absolute atomic E-state index is 0.0784. The highest BCUT2D eigenvalue weighted by atomic mass is 32.2. The third-order valence-electron chi connectivity index (χ3n) is 2.63. The van der Waals surface area contributed by atoms with Gasteiger partial charge in [0.2, 0.25) is 0 Å². The van der Waals surface area contributed by atoms with Crippen LogP contribution >= 0.6 is 11.8 Å². The van der Waals surface area contributed by atoms with Gasteiger partial charge in [-0.15, -0.1) is 0 Å². The molecule has 1 heterocycles. The molecule has 1 aromatic carbocycles. The summed E-state index contributed by atoms with van der Waals surface area (Å²) in [5.74, 6) is -0.265. The first-order chi connectivity index (χ1) is 8.69. The summed E-state index contributed by atoms with van der Waals surface area (Å²) in [7, 11) is 0. The molecule has 1 aromatic heterocycles. The first kappa shape index (κ1) is 13.1. The van der Waals surface area contributed by atoms with Gasteiger partial charge in [-0.25, -0.2) is 9.37 Å². The van der Waals surface area contributed by atoms with E-state index in [0.717, 1.165) is 12.0 Å².